The van der Waals surface area contributed by atoms with Crippen LogP contribution < -0.4 is 25.4 Å². The van der Waals surface area contributed by atoms with Crippen molar-refractivity contribution >= 4 is 29.0 Å². The minimum atomic E-state index is -0.687. The van der Waals surface area contributed by atoms with Gasteiger partial charge in [0.2, 0.25) is 11.6 Å². The standard InChI is InChI=1S/C28H24ClFN8O5/c1-16(18-5-12-23(24(13-18)40-2)42-14-17-3-6-19(29)7-4-17)32-34-28(39)25-22(15-41-21-10-8-20(30)9-11-21)38(37-33-25)27-26(31)35-43-36-27/h3-13H,14-15H2,1-2H3,(H2,31,35)(H,34,39)/b32-16+. The molecular formula is C28H24ClFN8O5. The number of rotatable bonds is 11. The number of amides is 1. The molecule has 15 heteroatoms. The highest BCUT2D eigenvalue weighted by atomic mass is 35.5. The highest BCUT2D eigenvalue weighted by molar-refractivity contribution is 6.30. The maximum atomic E-state index is 13.3. The minimum absolute atomic E-state index is 0.00871. The first kappa shape index (κ1) is 29.0. The summed E-state index contributed by atoms with van der Waals surface area (Å²) in [5, 5.41) is 20.0. The molecule has 2 aromatic heterocycles. The van der Waals surface area contributed by atoms with E-state index in [1.807, 2.05) is 12.1 Å². The molecule has 0 unspecified atom stereocenters. The zero-order chi connectivity index (χ0) is 30.3. The van der Waals surface area contributed by atoms with E-state index in [-0.39, 0.29) is 29.6 Å². The van der Waals surface area contributed by atoms with Gasteiger partial charge in [-0.25, -0.2) is 14.4 Å². The highest BCUT2D eigenvalue weighted by Gasteiger charge is 2.24. The van der Waals surface area contributed by atoms with Gasteiger partial charge in [0.25, 0.3) is 5.91 Å². The fourth-order valence-electron chi connectivity index (χ4n) is 3.80. The highest BCUT2D eigenvalue weighted by Crippen LogP contribution is 2.29. The van der Waals surface area contributed by atoms with Crippen LogP contribution in [0.3, 0.4) is 0 Å². The van der Waals surface area contributed by atoms with E-state index in [0.29, 0.717) is 40.2 Å². The molecule has 0 saturated carbocycles. The smallest absolute Gasteiger partial charge is 0.293 e. The molecule has 220 valence electrons. The summed E-state index contributed by atoms with van der Waals surface area (Å²) in [5.74, 6) is 0.170. The second kappa shape index (κ2) is 13.0. The van der Waals surface area contributed by atoms with Gasteiger partial charge >= 0.3 is 0 Å². The Morgan fingerprint density at radius 3 is 2.51 bits per heavy atom. The van der Waals surface area contributed by atoms with Gasteiger partial charge in [-0.3, -0.25) is 4.79 Å². The Hall–Kier alpha value is -5.50. The van der Waals surface area contributed by atoms with Gasteiger partial charge in [-0.1, -0.05) is 28.9 Å². The zero-order valence-electron chi connectivity index (χ0n) is 22.8. The van der Waals surface area contributed by atoms with E-state index in [2.05, 4.69) is 35.8 Å². The van der Waals surface area contributed by atoms with Crippen LogP contribution >= 0.6 is 11.6 Å². The van der Waals surface area contributed by atoms with Crippen LogP contribution in [0, 0.1) is 5.82 Å². The molecule has 2 heterocycles. The van der Waals surface area contributed by atoms with Gasteiger partial charge in [0.05, 0.1) is 12.8 Å². The van der Waals surface area contributed by atoms with Crippen molar-refractivity contribution < 1.29 is 28.0 Å². The van der Waals surface area contributed by atoms with Crippen molar-refractivity contribution in [3.05, 3.63) is 100 Å². The van der Waals surface area contributed by atoms with E-state index in [4.69, 9.17) is 31.5 Å². The molecule has 3 N–H and O–H groups in total. The lowest BCUT2D eigenvalue weighted by molar-refractivity contribution is 0.0947. The molecule has 0 spiro atoms. The molecule has 5 aromatic rings. The Balaban J connectivity index is 1.32. The Bertz CT molecular complexity index is 1760. The predicted octanol–water partition coefficient (Wildman–Crippen LogP) is 4.35. The number of hydrogen-bond donors (Lipinski definition) is 2. The van der Waals surface area contributed by atoms with E-state index < -0.39 is 11.7 Å². The lowest BCUT2D eigenvalue weighted by Crippen LogP contribution is -2.22. The zero-order valence-corrected chi connectivity index (χ0v) is 23.6. The minimum Gasteiger partial charge on any atom is -0.493 e. The van der Waals surface area contributed by atoms with Crippen LogP contribution in [0.15, 0.2) is 76.5 Å². The number of nitrogen functional groups attached to an aromatic ring is 1. The molecule has 5 rings (SSSR count). The number of anilines is 1. The molecule has 13 nitrogen and oxygen atoms in total. The van der Waals surface area contributed by atoms with Crippen molar-refractivity contribution in [3.63, 3.8) is 0 Å². The van der Waals surface area contributed by atoms with Crippen molar-refractivity contribution in [2.75, 3.05) is 12.8 Å². The topological polar surface area (TPSA) is 165 Å². The van der Waals surface area contributed by atoms with Crippen LogP contribution in [0.2, 0.25) is 5.02 Å². The van der Waals surface area contributed by atoms with E-state index in [1.165, 1.54) is 31.4 Å². The van der Waals surface area contributed by atoms with Crippen LogP contribution in [0.4, 0.5) is 10.2 Å². The average molecular weight is 607 g/mol. The lowest BCUT2D eigenvalue weighted by atomic mass is 10.1. The lowest BCUT2D eigenvalue weighted by Gasteiger charge is -2.12. The van der Waals surface area contributed by atoms with Crippen LogP contribution in [-0.4, -0.2) is 44.0 Å². The van der Waals surface area contributed by atoms with E-state index in [1.54, 1.807) is 37.3 Å². The SMILES string of the molecule is COc1cc(/C(C)=N/NC(=O)c2nnn(-c3nonc3N)c2COc2ccc(F)cc2)ccc1OCc1ccc(Cl)cc1. The van der Waals surface area contributed by atoms with Gasteiger partial charge in [0, 0.05) is 10.6 Å². The van der Waals surface area contributed by atoms with E-state index >= 15 is 0 Å². The van der Waals surface area contributed by atoms with Crippen molar-refractivity contribution in [1.29, 1.82) is 0 Å². The summed E-state index contributed by atoms with van der Waals surface area (Å²) in [4.78, 5) is 13.2. The molecule has 3 aromatic carbocycles. The molecule has 43 heavy (non-hydrogen) atoms. The normalized spacial score (nSPS) is 11.3. The van der Waals surface area contributed by atoms with Crippen LogP contribution in [-0.2, 0) is 13.2 Å². The largest absolute Gasteiger partial charge is 0.493 e. The van der Waals surface area contributed by atoms with Crippen molar-refractivity contribution in [2.24, 2.45) is 5.10 Å². The molecule has 0 aliphatic carbocycles. The number of aromatic nitrogens is 5. The number of benzene rings is 3. The number of nitrogens with one attached hydrogen (secondary N) is 1. The predicted molar refractivity (Wildman–Crippen MR) is 153 cm³/mol. The first-order valence-corrected chi connectivity index (χ1v) is 13.0. The first-order valence-electron chi connectivity index (χ1n) is 12.6. The number of halogens is 2. The number of nitrogens with zero attached hydrogens (tertiary/aromatic N) is 6. The maximum Gasteiger partial charge on any atom is 0.293 e. The number of carbonyl (C=O) groups excluding carboxylic acids is 1. The molecule has 0 aliphatic rings. The molecular weight excluding hydrogens is 583 g/mol. The Labute approximate surface area is 249 Å². The second-order valence-electron chi connectivity index (χ2n) is 8.93. The molecule has 0 fully saturated rings. The third-order valence-electron chi connectivity index (χ3n) is 6.08. The monoisotopic (exact) mass is 606 g/mol. The fraction of sp³-hybridized carbons (Fsp3) is 0.143. The summed E-state index contributed by atoms with van der Waals surface area (Å²) in [6, 6.07) is 17.9. The number of hydrazone groups is 1. The van der Waals surface area contributed by atoms with Gasteiger partial charge in [-0.05, 0) is 77.4 Å². The molecule has 0 aliphatic heterocycles. The van der Waals surface area contributed by atoms with Crippen LogP contribution in [0.1, 0.15) is 34.2 Å². The van der Waals surface area contributed by atoms with E-state index in [9.17, 15) is 9.18 Å². The van der Waals surface area contributed by atoms with Crippen molar-refractivity contribution in [2.45, 2.75) is 20.1 Å². The molecule has 0 atom stereocenters. The third kappa shape index (κ3) is 6.87. The van der Waals surface area contributed by atoms with E-state index in [0.717, 1.165) is 10.2 Å². The Morgan fingerprint density at radius 1 is 1.05 bits per heavy atom. The van der Waals surface area contributed by atoms with Gasteiger partial charge in [0.1, 0.15) is 30.5 Å². The van der Waals surface area contributed by atoms with Crippen molar-refractivity contribution in [1.82, 2.24) is 30.7 Å². The number of carbonyl (C=O) groups is 1. The summed E-state index contributed by atoms with van der Waals surface area (Å²) in [6.07, 6.45) is 0. The summed E-state index contributed by atoms with van der Waals surface area (Å²) in [7, 11) is 1.53. The molecule has 1 amide bonds. The maximum absolute atomic E-state index is 13.3. The summed E-state index contributed by atoms with van der Waals surface area (Å²) in [5.41, 5.74) is 10.4. The van der Waals surface area contributed by atoms with Crippen molar-refractivity contribution in [3.8, 4) is 23.1 Å². The van der Waals surface area contributed by atoms with Crippen LogP contribution in [0.5, 0.6) is 17.2 Å². The average Bonchev–Trinajstić information content (AvgIpc) is 3.64. The molecule has 0 radical (unpaired) electrons. The van der Waals surface area contributed by atoms with Crippen LogP contribution in [0.25, 0.3) is 5.82 Å². The summed E-state index contributed by atoms with van der Waals surface area (Å²) >= 11 is 5.95. The third-order valence-corrected chi connectivity index (χ3v) is 6.33. The molecule has 0 bridgehead atoms. The summed E-state index contributed by atoms with van der Waals surface area (Å²) < 4.78 is 36.3. The van der Waals surface area contributed by atoms with Gasteiger partial charge < -0.3 is 19.9 Å². The van der Waals surface area contributed by atoms with Gasteiger partial charge in [0.15, 0.2) is 17.2 Å². The number of methoxy groups -OCH3 is 1. The quantitative estimate of drug-likeness (QED) is 0.163. The van der Waals surface area contributed by atoms with Gasteiger partial charge in [-0.2, -0.15) is 9.78 Å². The Morgan fingerprint density at radius 2 is 1.81 bits per heavy atom. The number of hydrogen-bond acceptors (Lipinski definition) is 11. The number of ether oxygens (including phenoxy) is 3. The Kier molecular flexibility index (Phi) is 8.77. The first-order chi connectivity index (χ1) is 20.8. The summed E-state index contributed by atoms with van der Waals surface area (Å²) in [6.45, 7) is 1.82. The number of nitrogens with two attached hydrogens (primary N) is 1. The molecule has 0 saturated heterocycles. The second-order valence-corrected chi connectivity index (χ2v) is 9.37. The van der Waals surface area contributed by atoms with Gasteiger partial charge in [-0.15, -0.1) is 5.10 Å². The fourth-order valence-corrected chi connectivity index (χ4v) is 3.93.